The second kappa shape index (κ2) is 6.31. The van der Waals surface area contributed by atoms with Crippen molar-refractivity contribution in [3.8, 4) is 0 Å². The van der Waals surface area contributed by atoms with Crippen LogP contribution < -0.4 is 5.32 Å². The molecule has 2 aromatic heterocycles. The molecule has 0 bridgehead atoms. The summed E-state index contributed by atoms with van der Waals surface area (Å²) in [5, 5.41) is 7.70. The first-order valence-electron chi connectivity index (χ1n) is 6.88. The van der Waals surface area contributed by atoms with Crippen LogP contribution in [0.15, 0.2) is 18.3 Å². The van der Waals surface area contributed by atoms with Crippen molar-refractivity contribution in [3.05, 3.63) is 35.5 Å². The van der Waals surface area contributed by atoms with Crippen LogP contribution in [0.3, 0.4) is 0 Å². The Kier molecular flexibility index (Phi) is 4.49. The van der Waals surface area contributed by atoms with E-state index < -0.39 is 0 Å². The lowest BCUT2D eigenvalue weighted by Gasteiger charge is -2.06. The van der Waals surface area contributed by atoms with E-state index in [0.717, 1.165) is 49.0 Å². The highest BCUT2D eigenvalue weighted by Crippen LogP contribution is 2.08. The van der Waals surface area contributed by atoms with E-state index in [9.17, 15) is 0 Å². The molecule has 1 N–H and O–H groups in total. The molecule has 0 radical (unpaired) electrons. The quantitative estimate of drug-likeness (QED) is 0.864. The summed E-state index contributed by atoms with van der Waals surface area (Å²) >= 11 is 0. The minimum absolute atomic E-state index is 0.732. The predicted molar refractivity (Wildman–Crippen MR) is 76.3 cm³/mol. The Labute approximate surface area is 114 Å². The molecule has 2 rings (SSSR count). The van der Waals surface area contributed by atoms with Gasteiger partial charge in [0.1, 0.15) is 11.6 Å². The lowest BCUT2D eigenvalue weighted by molar-refractivity contribution is 0.636. The minimum Gasteiger partial charge on any atom is -0.370 e. The zero-order valence-corrected chi connectivity index (χ0v) is 11.8. The predicted octanol–water partition coefficient (Wildman–Crippen LogP) is 2.28. The van der Waals surface area contributed by atoms with Gasteiger partial charge in [-0.05, 0) is 18.6 Å². The van der Waals surface area contributed by atoms with Crippen LogP contribution in [-0.4, -0.2) is 26.3 Å². The highest BCUT2D eigenvalue weighted by atomic mass is 15.3. The summed E-state index contributed by atoms with van der Waals surface area (Å²) in [4.78, 5) is 8.88. The van der Waals surface area contributed by atoms with Gasteiger partial charge in [-0.1, -0.05) is 19.9 Å². The number of hydrogen-bond donors (Lipinski definition) is 1. The second-order valence-corrected chi connectivity index (χ2v) is 4.39. The SMILES string of the molecule is CCNc1ccc(Cn2nc(CC)nc2CC)cn1. The number of nitrogens with one attached hydrogen (secondary N) is 1. The fourth-order valence-electron chi connectivity index (χ4n) is 1.94. The first kappa shape index (κ1) is 13.5. The van der Waals surface area contributed by atoms with Crippen LogP contribution in [0.1, 0.15) is 38.0 Å². The van der Waals surface area contributed by atoms with Crippen molar-refractivity contribution >= 4 is 5.82 Å². The van der Waals surface area contributed by atoms with Crippen molar-refractivity contribution in [2.24, 2.45) is 0 Å². The molecule has 5 nitrogen and oxygen atoms in total. The van der Waals surface area contributed by atoms with E-state index in [1.807, 2.05) is 16.9 Å². The normalized spacial score (nSPS) is 10.7. The summed E-state index contributed by atoms with van der Waals surface area (Å²) in [6.07, 6.45) is 3.66. The van der Waals surface area contributed by atoms with Crippen LogP contribution in [0.2, 0.25) is 0 Å². The van der Waals surface area contributed by atoms with Gasteiger partial charge in [0.2, 0.25) is 0 Å². The lowest BCUT2D eigenvalue weighted by Crippen LogP contribution is -2.07. The van der Waals surface area contributed by atoms with Crippen LogP contribution in [0.4, 0.5) is 5.82 Å². The fourth-order valence-corrected chi connectivity index (χ4v) is 1.94. The molecule has 19 heavy (non-hydrogen) atoms. The van der Waals surface area contributed by atoms with Gasteiger partial charge in [0.15, 0.2) is 5.82 Å². The number of anilines is 1. The Hall–Kier alpha value is -1.91. The number of aromatic nitrogens is 4. The molecule has 0 saturated carbocycles. The van der Waals surface area contributed by atoms with E-state index in [1.54, 1.807) is 0 Å². The van der Waals surface area contributed by atoms with Crippen LogP contribution in [0.5, 0.6) is 0 Å². The third-order valence-electron chi connectivity index (χ3n) is 2.94. The van der Waals surface area contributed by atoms with Crippen LogP contribution in [-0.2, 0) is 19.4 Å². The van der Waals surface area contributed by atoms with E-state index in [4.69, 9.17) is 0 Å². The zero-order valence-electron chi connectivity index (χ0n) is 11.8. The molecule has 0 fully saturated rings. The number of rotatable bonds is 6. The number of hydrogen-bond acceptors (Lipinski definition) is 4. The van der Waals surface area contributed by atoms with Crippen LogP contribution in [0, 0.1) is 0 Å². The maximum Gasteiger partial charge on any atom is 0.150 e. The van der Waals surface area contributed by atoms with E-state index in [1.165, 1.54) is 0 Å². The molecule has 0 amide bonds. The Morgan fingerprint density at radius 1 is 1.16 bits per heavy atom. The molecule has 2 heterocycles. The number of aryl methyl sites for hydroxylation is 2. The molecule has 0 aliphatic rings. The molecule has 102 valence electrons. The van der Waals surface area contributed by atoms with Crippen LogP contribution >= 0.6 is 0 Å². The van der Waals surface area contributed by atoms with Crippen molar-refractivity contribution < 1.29 is 0 Å². The van der Waals surface area contributed by atoms with Crippen molar-refractivity contribution in [2.45, 2.75) is 40.2 Å². The molecule has 2 aromatic rings. The van der Waals surface area contributed by atoms with Crippen molar-refractivity contribution in [2.75, 3.05) is 11.9 Å². The molecular weight excluding hydrogens is 238 g/mol. The summed E-state index contributed by atoms with van der Waals surface area (Å²) in [7, 11) is 0. The highest BCUT2D eigenvalue weighted by molar-refractivity contribution is 5.35. The molecule has 0 spiro atoms. The van der Waals surface area contributed by atoms with Gasteiger partial charge in [-0.3, -0.25) is 0 Å². The Morgan fingerprint density at radius 2 is 2.00 bits per heavy atom. The van der Waals surface area contributed by atoms with Gasteiger partial charge in [0.05, 0.1) is 6.54 Å². The Balaban J connectivity index is 2.13. The molecule has 0 atom stereocenters. The molecule has 0 unspecified atom stereocenters. The lowest BCUT2D eigenvalue weighted by atomic mass is 10.3. The molecular formula is C14H21N5. The Morgan fingerprint density at radius 3 is 2.58 bits per heavy atom. The van der Waals surface area contributed by atoms with Gasteiger partial charge in [0, 0.05) is 25.6 Å². The van der Waals surface area contributed by atoms with E-state index in [0.29, 0.717) is 0 Å². The molecule has 5 heteroatoms. The smallest absolute Gasteiger partial charge is 0.150 e. The van der Waals surface area contributed by atoms with E-state index >= 15 is 0 Å². The standard InChI is InChI=1S/C14H21N5/c1-4-12-17-14(5-2)19(18-12)10-11-7-8-13(15-6-3)16-9-11/h7-9H,4-6,10H2,1-3H3,(H,15,16). The van der Waals surface area contributed by atoms with Crippen molar-refractivity contribution in [3.63, 3.8) is 0 Å². The van der Waals surface area contributed by atoms with Crippen LogP contribution in [0.25, 0.3) is 0 Å². The zero-order chi connectivity index (χ0) is 13.7. The van der Waals surface area contributed by atoms with Gasteiger partial charge in [-0.25, -0.2) is 14.6 Å². The van der Waals surface area contributed by atoms with Gasteiger partial charge in [-0.15, -0.1) is 0 Å². The van der Waals surface area contributed by atoms with Gasteiger partial charge in [0.25, 0.3) is 0 Å². The maximum absolute atomic E-state index is 4.52. The molecule has 0 saturated heterocycles. The summed E-state index contributed by atoms with van der Waals surface area (Å²) in [5.41, 5.74) is 1.14. The topological polar surface area (TPSA) is 55.6 Å². The summed E-state index contributed by atoms with van der Waals surface area (Å²) < 4.78 is 1.97. The van der Waals surface area contributed by atoms with Gasteiger partial charge >= 0.3 is 0 Å². The maximum atomic E-state index is 4.52. The largest absolute Gasteiger partial charge is 0.370 e. The highest BCUT2D eigenvalue weighted by Gasteiger charge is 2.07. The first-order chi connectivity index (χ1) is 9.26. The van der Waals surface area contributed by atoms with Gasteiger partial charge in [-0.2, -0.15) is 5.10 Å². The van der Waals surface area contributed by atoms with E-state index in [-0.39, 0.29) is 0 Å². The molecule has 0 aliphatic heterocycles. The number of nitrogens with zero attached hydrogens (tertiary/aromatic N) is 4. The third kappa shape index (κ3) is 3.30. The van der Waals surface area contributed by atoms with Crippen molar-refractivity contribution in [1.29, 1.82) is 0 Å². The first-order valence-corrected chi connectivity index (χ1v) is 6.88. The monoisotopic (exact) mass is 259 g/mol. The molecule has 0 aliphatic carbocycles. The average molecular weight is 259 g/mol. The fraction of sp³-hybridized carbons (Fsp3) is 0.500. The summed E-state index contributed by atoms with van der Waals surface area (Å²) in [6, 6.07) is 4.08. The third-order valence-corrected chi connectivity index (χ3v) is 2.94. The molecule has 0 aromatic carbocycles. The van der Waals surface area contributed by atoms with Crippen molar-refractivity contribution in [1.82, 2.24) is 19.7 Å². The second-order valence-electron chi connectivity index (χ2n) is 4.39. The minimum atomic E-state index is 0.732. The van der Waals surface area contributed by atoms with E-state index in [2.05, 4.69) is 47.2 Å². The number of pyridine rings is 1. The van der Waals surface area contributed by atoms with Gasteiger partial charge < -0.3 is 5.32 Å². The Bertz CT molecular complexity index is 515. The average Bonchev–Trinajstić information content (AvgIpc) is 2.83. The summed E-state index contributed by atoms with van der Waals surface area (Å²) in [5.74, 6) is 2.86. The summed E-state index contributed by atoms with van der Waals surface area (Å²) in [6.45, 7) is 7.86.